The first-order chi connectivity index (χ1) is 7.86. The third-order valence-electron chi connectivity index (χ3n) is 3.83. The third kappa shape index (κ3) is 1.97. The van der Waals surface area contributed by atoms with E-state index < -0.39 is 0 Å². The molecule has 0 atom stereocenters. The standard InChI is InChI=1S/C13H19N3/c1-4-13(9-15-5-1)10-16(11-13)8-12-2-6-14-7-3-12/h2-3,6-7,15H,1,4-5,8-11H2. The monoisotopic (exact) mass is 217 g/mol. The fourth-order valence-corrected chi connectivity index (χ4v) is 3.06. The maximum atomic E-state index is 4.05. The maximum absolute atomic E-state index is 4.05. The van der Waals surface area contributed by atoms with Gasteiger partial charge < -0.3 is 5.32 Å². The number of aromatic nitrogens is 1. The van der Waals surface area contributed by atoms with Crippen molar-refractivity contribution in [3.8, 4) is 0 Å². The number of nitrogens with one attached hydrogen (secondary N) is 1. The fraction of sp³-hybridized carbons (Fsp3) is 0.615. The molecular weight excluding hydrogens is 198 g/mol. The van der Waals surface area contributed by atoms with Crippen LogP contribution in [-0.2, 0) is 6.54 Å². The van der Waals surface area contributed by atoms with Crippen molar-refractivity contribution in [2.45, 2.75) is 19.4 Å². The molecule has 2 saturated heterocycles. The average Bonchev–Trinajstić information content (AvgIpc) is 2.30. The van der Waals surface area contributed by atoms with Gasteiger partial charge in [0.1, 0.15) is 0 Å². The van der Waals surface area contributed by atoms with Crippen molar-refractivity contribution < 1.29 is 0 Å². The van der Waals surface area contributed by atoms with E-state index in [1.165, 1.54) is 44.6 Å². The quantitative estimate of drug-likeness (QED) is 0.808. The Labute approximate surface area is 96.9 Å². The van der Waals surface area contributed by atoms with Gasteiger partial charge in [-0.05, 0) is 37.1 Å². The van der Waals surface area contributed by atoms with Gasteiger partial charge in [0.15, 0.2) is 0 Å². The van der Waals surface area contributed by atoms with Crippen molar-refractivity contribution in [3.05, 3.63) is 30.1 Å². The second-order valence-corrected chi connectivity index (χ2v) is 5.28. The molecule has 1 aromatic heterocycles. The largest absolute Gasteiger partial charge is 0.316 e. The summed E-state index contributed by atoms with van der Waals surface area (Å²) in [6, 6.07) is 4.23. The molecule has 0 radical (unpaired) electrons. The van der Waals surface area contributed by atoms with Crippen LogP contribution in [0.3, 0.4) is 0 Å². The van der Waals surface area contributed by atoms with Crippen LogP contribution in [0.15, 0.2) is 24.5 Å². The van der Waals surface area contributed by atoms with Crippen LogP contribution in [0.5, 0.6) is 0 Å². The van der Waals surface area contributed by atoms with Crippen LogP contribution in [0.4, 0.5) is 0 Å². The average molecular weight is 217 g/mol. The molecule has 0 bridgehead atoms. The summed E-state index contributed by atoms with van der Waals surface area (Å²) in [7, 11) is 0. The van der Waals surface area contributed by atoms with E-state index in [0.717, 1.165) is 6.54 Å². The van der Waals surface area contributed by atoms with E-state index in [9.17, 15) is 0 Å². The molecule has 3 nitrogen and oxygen atoms in total. The molecule has 3 rings (SSSR count). The highest BCUT2D eigenvalue weighted by atomic mass is 15.2. The first kappa shape index (κ1) is 10.2. The number of likely N-dealkylation sites (tertiary alicyclic amines) is 1. The Morgan fingerprint density at radius 2 is 2.12 bits per heavy atom. The zero-order valence-electron chi connectivity index (χ0n) is 9.65. The molecule has 0 aliphatic carbocycles. The number of rotatable bonds is 2. The van der Waals surface area contributed by atoms with Gasteiger partial charge in [-0.2, -0.15) is 0 Å². The van der Waals surface area contributed by atoms with Gasteiger partial charge in [0.2, 0.25) is 0 Å². The minimum atomic E-state index is 0.602. The summed E-state index contributed by atoms with van der Waals surface area (Å²) in [4.78, 5) is 6.60. The summed E-state index contributed by atoms with van der Waals surface area (Å²) in [5.74, 6) is 0. The molecule has 16 heavy (non-hydrogen) atoms. The molecule has 2 aliphatic heterocycles. The van der Waals surface area contributed by atoms with Gasteiger partial charge in [0.05, 0.1) is 0 Å². The first-order valence-corrected chi connectivity index (χ1v) is 6.18. The molecule has 0 aromatic carbocycles. The Kier molecular flexibility index (Phi) is 2.65. The molecule has 2 fully saturated rings. The molecule has 0 unspecified atom stereocenters. The van der Waals surface area contributed by atoms with Crippen LogP contribution < -0.4 is 5.32 Å². The van der Waals surface area contributed by atoms with Gasteiger partial charge >= 0.3 is 0 Å². The number of pyridine rings is 1. The van der Waals surface area contributed by atoms with E-state index in [-0.39, 0.29) is 0 Å². The fourth-order valence-electron chi connectivity index (χ4n) is 3.06. The number of hydrogen-bond donors (Lipinski definition) is 1. The number of piperidine rings is 1. The van der Waals surface area contributed by atoms with Crippen LogP contribution in [0.2, 0.25) is 0 Å². The lowest BCUT2D eigenvalue weighted by molar-refractivity contribution is -0.0229. The smallest absolute Gasteiger partial charge is 0.0271 e. The van der Waals surface area contributed by atoms with Crippen molar-refractivity contribution in [2.24, 2.45) is 5.41 Å². The van der Waals surface area contributed by atoms with Gasteiger partial charge in [-0.1, -0.05) is 0 Å². The summed E-state index contributed by atoms with van der Waals surface area (Å²) in [5.41, 5.74) is 1.99. The molecule has 0 saturated carbocycles. The van der Waals surface area contributed by atoms with Gasteiger partial charge in [0, 0.05) is 44.0 Å². The van der Waals surface area contributed by atoms with Crippen LogP contribution in [-0.4, -0.2) is 36.1 Å². The van der Waals surface area contributed by atoms with Crippen molar-refractivity contribution in [2.75, 3.05) is 26.2 Å². The normalized spacial score (nSPS) is 24.2. The van der Waals surface area contributed by atoms with E-state index >= 15 is 0 Å². The Balaban J connectivity index is 1.53. The number of hydrogen-bond acceptors (Lipinski definition) is 3. The molecule has 86 valence electrons. The predicted molar refractivity (Wildman–Crippen MR) is 64.1 cm³/mol. The summed E-state index contributed by atoms with van der Waals surface area (Å²) < 4.78 is 0. The molecular formula is C13H19N3. The Bertz CT molecular complexity index is 335. The molecule has 3 heterocycles. The van der Waals surface area contributed by atoms with Gasteiger partial charge in [-0.3, -0.25) is 9.88 Å². The van der Waals surface area contributed by atoms with E-state index in [4.69, 9.17) is 0 Å². The highest BCUT2D eigenvalue weighted by molar-refractivity contribution is 5.11. The van der Waals surface area contributed by atoms with E-state index in [2.05, 4.69) is 27.3 Å². The highest BCUT2D eigenvalue weighted by Gasteiger charge is 2.42. The van der Waals surface area contributed by atoms with Crippen LogP contribution >= 0.6 is 0 Å². The summed E-state index contributed by atoms with van der Waals surface area (Å²) >= 11 is 0. The van der Waals surface area contributed by atoms with E-state index in [1.54, 1.807) is 0 Å². The summed E-state index contributed by atoms with van der Waals surface area (Å²) in [6.45, 7) is 6.06. The molecule has 1 spiro atoms. The zero-order chi connectivity index (χ0) is 10.8. The van der Waals surface area contributed by atoms with Crippen LogP contribution in [0.25, 0.3) is 0 Å². The lowest BCUT2D eigenvalue weighted by Gasteiger charge is -2.52. The molecule has 1 aromatic rings. The second-order valence-electron chi connectivity index (χ2n) is 5.28. The van der Waals surface area contributed by atoms with Gasteiger partial charge in [-0.15, -0.1) is 0 Å². The first-order valence-electron chi connectivity index (χ1n) is 6.18. The Morgan fingerprint density at radius 3 is 2.81 bits per heavy atom. The molecule has 2 aliphatic rings. The third-order valence-corrected chi connectivity index (χ3v) is 3.83. The maximum Gasteiger partial charge on any atom is 0.0271 e. The zero-order valence-corrected chi connectivity index (χ0v) is 9.65. The summed E-state index contributed by atoms with van der Waals surface area (Å²) in [6.07, 6.45) is 6.52. The van der Waals surface area contributed by atoms with Crippen molar-refractivity contribution in [3.63, 3.8) is 0 Å². The summed E-state index contributed by atoms with van der Waals surface area (Å²) in [5, 5.41) is 3.53. The molecule has 1 N–H and O–H groups in total. The minimum absolute atomic E-state index is 0.602. The second kappa shape index (κ2) is 4.15. The Morgan fingerprint density at radius 1 is 1.31 bits per heavy atom. The van der Waals surface area contributed by atoms with Crippen molar-refractivity contribution in [1.82, 2.24) is 15.2 Å². The molecule has 0 amide bonds. The SMILES string of the molecule is c1cc(CN2CC3(CCCNC3)C2)ccn1. The lowest BCUT2D eigenvalue weighted by Crippen LogP contribution is -2.61. The van der Waals surface area contributed by atoms with Gasteiger partial charge in [-0.25, -0.2) is 0 Å². The van der Waals surface area contributed by atoms with Crippen LogP contribution in [0.1, 0.15) is 18.4 Å². The van der Waals surface area contributed by atoms with E-state index in [1.807, 2.05) is 12.4 Å². The lowest BCUT2D eigenvalue weighted by atomic mass is 9.74. The predicted octanol–water partition coefficient (Wildman–Crippen LogP) is 1.27. The van der Waals surface area contributed by atoms with Crippen molar-refractivity contribution >= 4 is 0 Å². The van der Waals surface area contributed by atoms with Gasteiger partial charge in [0.25, 0.3) is 0 Å². The minimum Gasteiger partial charge on any atom is -0.316 e. The highest BCUT2D eigenvalue weighted by Crippen LogP contribution is 2.36. The van der Waals surface area contributed by atoms with Crippen LogP contribution in [0, 0.1) is 5.41 Å². The Hall–Kier alpha value is -0.930. The van der Waals surface area contributed by atoms with E-state index in [0.29, 0.717) is 5.41 Å². The van der Waals surface area contributed by atoms with Crippen molar-refractivity contribution in [1.29, 1.82) is 0 Å². The molecule has 3 heteroatoms. The number of nitrogens with zero attached hydrogens (tertiary/aromatic N) is 2. The topological polar surface area (TPSA) is 28.2 Å².